The van der Waals surface area contributed by atoms with Crippen LogP contribution < -0.4 is 62.2 Å². The average Bonchev–Trinajstić information content (AvgIpc) is 0.702. The second-order valence-corrected chi connectivity index (χ2v) is 28.6. The molecule has 0 spiro atoms. The van der Waals surface area contributed by atoms with E-state index in [9.17, 15) is 0 Å². The zero-order chi connectivity index (χ0) is 69.6. The Morgan fingerprint density at radius 3 is 0.627 bits per heavy atom. The molecule has 4 heterocycles. The number of hydrogen-bond donors (Lipinski definition) is 0. The van der Waals surface area contributed by atoms with E-state index in [-0.39, 0.29) is 13.4 Å². The van der Waals surface area contributed by atoms with Crippen LogP contribution in [0.2, 0.25) is 0 Å². The third kappa shape index (κ3) is 11.2. The summed E-state index contributed by atoms with van der Waals surface area (Å²) in [4.78, 5) is 14.8. The number of anilines is 18. The summed E-state index contributed by atoms with van der Waals surface area (Å²) in [6, 6.07) is 113. The number of hydrogen-bond acceptors (Lipinski definition) is 6. The molecule has 492 valence electrons. The first-order valence-electron chi connectivity index (χ1n) is 35.8. The molecule has 0 radical (unpaired) electrons. The Morgan fingerprint density at radius 2 is 0.392 bits per heavy atom. The Hall–Kier alpha value is -12.0. The summed E-state index contributed by atoms with van der Waals surface area (Å²) >= 11 is 0. The first-order valence-corrected chi connectivity index (χ1v) is 35.8. The fourth-order valence-electron chi connectivity index (χ4n) is 16.0. The fourth-order valence-corrected chi connectivity index (χ4v) is 16.0. The van der Waals surface area contributed by atoms with Crippen molar-refractivity contribution in [2.45, 2.75) is 69.2 Å². The molecule has 0 atom stereocenters. The molecule has 4 aliphatic heterocycles. The van der Waals surface area contributed by atoms with E-state index in [4.69, 9.17) is 0 Å². The van der Waals surface area contributed by atoms with Crippen LogP contribution in [0, 0.1) is 69.2 Å². The van der Waals surface area contributed by atoms with Crippen LogP contribution in [0.25, 0.3) is 0 Å². The summed E-state index contributed by atoms with van der Waals surface area (Å²) in [5, 5.41) is 0. The molecule has 0 aliphatic carbocycles. The third-order valence-electron chi connectivity index (χ3n) is 21.0. The smallest absolute Gasteiger partial charge is 0.252 e. The van der Waals surface area contributed by atoms with Crippen molar-refractivity contribution in [3.05, 3.63) is 359 Å². The van der Waals surface area contributed by atoms with Gasteiger partial charge in [-0.15, -0.1) is 0 Å². The summed E-state index contributed by atoms with van der Waals surface area (Å²) in [5.41, 5.74) is 41.6. The molecule has 8 heteroatoms. The molecule has 0 fully saturated rings. The van der Waals surface area contributed by atoms with E-state index in [0.717, 1.165) is 56.9 Å². The predicted molar refractivity (Wildman–Crippen MR) is 438 cm³/mol. The Balaban J connectivity index is 0.000000152. The molecule has 6 nitrogen and oxygen atoms in total. The van der Waals surface area contributed by atoms with Crippen molar-refractivity contribution >= 4 is 149 Å². The number of para-hydroxylation sites is 2. The lowest BCUT2D eigenvalue weighted by atomic mass is 9.33. The SMILES string of the molecule is Cc1ccc(N(c2ccc(C)cc2)c2cc3c4c(c2)N(c2ccc(C)cc2)c2ccc(C)cc2B4c2cc(C)ccc2N3c2ccc(C)cc2)cc1.Cc1ccc(N2c3ccc(C)cc3B3c4cc(C)ccc4N(c4ccc(C)cc4)c4cc(N(c5ccccc5)c5ccccc5)cc2c43)cc1. The summed E-state index contributed by atoms with van der Waals surface area (Å²) in [7, 11) is 0. The van der Waals surface area contributed by atoms with Gasteiger partial charge in [0.05, 0.1) is 11.4 Å². The number of benzene rings is 14. The molecular weight excluding hydrogens is 1230 g/mol. The van der Waals surface area contributed by atoms with Crippen LogP contribution in [-0.4, -0.2) is 13.4 Å². The molecule has 14 aromatic carbocycles. The molecule has 18 rings (SSSR count). The van der Waals surface area contributed by atoms with Gasteiger partial charge in [0.1, 0.15) is 0 Å². The topological polar surface area (TPSA) is 19.4 Å². The van der Waals surface area contributed by atoms with Gasteiger partial charge in [-0.1, -0.05) is 213 Å². The van der Waals surface area contributed by atoms with Crippen molar-refractivity contribution in [2.75, 3.05) is 29.4 Å². The van der Waals surface area contributed by atoms with Gasteiger partial charge in [-0.05, 0) is 248 Å². The fraction of sp³-hybridized carbons (Fsp3) is 0.106. The number of fused-ring (bicyclic) bond motifs is 8. The average molecular weight is 1320 g/mol. The summed E-state index contributed by atoms with van der Waals surface area (Å²) < 4.78 is 0. The van der Waals surface area contributed by atoms with E-state index < -0.39 is 0 Å². The molecule has 0 saturated heterocycles. The lowest BCUT2D eigenvalue weighted by Crippen LogP contribution is -2.61. The second kappa shape index (κ2) is 25.6. The lowest BCUT2D eigenvalue weighted by Gasteiger charge is -2.45. The number of rotatable bonds is 10. The van der Waals surface area contributed by atoms with E-state index in [2.05, 4.69) is 402 Å². The van der Waals surface area contributed by atoms with E-state index in [0.29, 0.717) is 0 Å². The third-order valence-corrected chi connectivity index (χ3v) is 21.0. The van der Waals surface area contributed by atoms with Gasteiger partial charge in [0.15, 0.2) is 0 Å². The highest BCUT2D eigenvalue weighted by molar-refractivity contribution is 7.01. The van der Waals surface area contributed by atoms with E-state index >= 15 is 0 Å². The molecule has 0 amide bonds. The highest BCUT2D eigenvalue weighted by atomic mass is 15.2. The van der Waals surface area contributed by atoms with E-state index in [1.54, 1.807) is 0 Å². The minimum Gasteiger partial charge on any atom is -0.311 e. The van der Waals surface area contributed by atoms with Gasteiger partial charge in [0, 0.05) is 91.0 Å². The van der Waals surface area contributed by atoms with Gasteiger partial charge < -0.3 is 29.4 Å². The normalized spacial score (nSPS) is 12.7. The molecular formula is C94H80B2N6. The Bertz CT molecular complexity index is 5190. The molecule has 0 bridgehead atoms. The summed E-state index contributed by atoms with van der Waals surface area (Å²) in [5.74, 6) is 0. The Morgan fingerprint density at radius 1 is 0.186 bits per heavy atom. The maximum Gasteiger partial charge on any atom is 0.252 e. The summed E-state index contributed by atoms with van der Waals surface area (Å²) in [6.45, 7) is 22.0. The predicted octanol–water partition coefficient (Wildman–Crippen LogP) is 21.6. The van der Waals surface area contributed by atoms with Crippen LogP contribution in [-0.2, 0) is 0 Å². The quantitative estimate of drug-likeness (QED) is 0.126. The minimum absolute atomic E-state index is 0.0689. The van der Waals surface area contributed by atoms with Crippen molar-refractivity contribution in [1.82, 2.24) is 0 Å². The van der Waals surface area contributed by atoms with Crippen molar-refractivity contribution in [3.8, 4) is 0 Å². The van der Waals surface area contributed by atoms with Crippen molar-refractivity contribution in [2.24, 2.45) is 0 Å². The molecule has 0 saturated carbocycles. The van der Waals surface area contributed by atoms with Gasteiger partial charge in [0.2, 0.25) is 0 Å². The van der Waals surface area contributed by atoms with Gasteiger partial charge in [0.25, 0.3) is 13.4 Å². The first-order chi connectivity index (χ1) is 49.7. The second-order valence-electron chi connectivity index (χ2n) is 28.6. The number of nitrogens with zero attached hydrogens (tertiary/aromatic N) is 6. The zero-order valence-corrected chi connectivity index (χ0v) is 59.7. The van der Waals surface area contributed by atoms with Gasteiger partial charge in [-0.25, -0.2) is 0 Å². The number of aryl methyl sites for hydroxylation is 10. The minimum atomic E-state index is 0.0689. The summed E-state index contributed by atoms with van der Waals surface area (Å²) in [6.07, 6.45) is 0. The van der Waals surface area contributed by atoms with E-state index in [1.165, 1.54) is 134 Å². The first kappa shape index (κ1) is 63.5. The molecule has 0 N–H and O–H groups in total. The van der Waals surface area contributed by atoms with Crippen LogP contribution in [0.15, 0.2) is 303 Å². The highest BCUT2D eigenvalue weighted by Gasteiger charge is 2.46. The van der Waals surface area contributed by atoms with Gasteiger partial charge >= 0.3 is 0 Å². The molecule has 4 aliphatic rings. The maximum absolute atomic E-state index is 2.50. The Kier molecular flexibility index (Phi) is 15.9. The van der Waals surface area contributed by atoms with Gasteiger partial charge in [-0.3, -0.25) is 0 Å². The monoisotopic (exact) mass is 1310 g/mol. The standard InChI is InChI=1S/C48H42BN3.C46H38BN3/c1-31-7-17-37(18-8-31)50(38-19-9-32(2)10-20-38)41-29-46-48-47(30-41)52(40-23-13-34(4)14-24-40)45-26-16-36(6)28-43(45)49(48)42-27-35(5)15-25-44(42)51(46)39-21-11-33(3)12-22-39;1-31-15-21-37(22-16-31)49-42-25-19-33(3)27-40(42)47-41-28-34(4)20-26-43(41)50(38-23-17-32(2)18-24-38)45-30-39(29-44(49)46(45)47)48(35-11-7-5-8-12-35)36-13-9-6-10-14-36/h7-30H,1-6H3;5-30H,1-4H3. The van der Waals surface area contributed by atoms with Crippen LogP contribution in [0.1, 0.15) is 55.6 Å². The molecule has 0 aromatic heterocycles. The van der Waals surface area contributed by atoms with Crippen LogP contribution >= 0.6 is 0 Å². The lowest BCUT2D eigenvalue weighted by molar-refractivity contribution is 1.22. The maximum atomic E-state index is 2.50. The van der Waals surface area contributed by atoms with Crippen molar-refractivity contribution in [1.29, 1.82) is 0 Å². The van der Waals surface area contributed by atoms with Crippen molar-refractivity contribution < 1.29 is 0 Å². The largest absolute Gasteiger partial charge is 0.311 e. The van der Waals surface area contributed by atoms with Crippen LogP contribution in [0.5, 0.6) is 0 Å². The van der Waals surface area contributed by atoms with Crippen molar-refractivity contribution in [3.63, 3.8) is 0 Å². The molecule has 0 unspecified atom stereocenters. The van der Waals surface area contributed by atoms with Crippen LogP contribution in [0.4, 0.5) is 102 Å². The highest BCUT2D eigenvalue weighted by Crippen LogP contribution is 2.51. The molecule has 102 heavy (non-hydrogen) atoms. The Labute approximate surface area is 602 Å². The molecule has 14 aromatic rings. The van der Waals surface area contributed by atoms with Gasteiger partial charge in [-0.2, -0.15) is 0 Å². The van der Waals surface area contributed by atoms with Crippen LogP contribution in [0.3, 0.4) is 0 Å². The van der Waals surface area contributed by atoms with E-state index in [1.807, 2.05) is 0 Å². The zero-order valence-electron chi connectivity index (χ0n) is 59.7.